The fourth-order valence-corrected chi connectivity index (χ4v) is 1.37. The van der Waals surface area contributed by atoms with Crippen LogP contribution in [0.3, 0.4) is 0 Å². The van der Waals surface area contributed by atoms with Crippen LogP contribution in [0.1, 0.15) is 27.7 Å². The number of carbonyl (C=O) groups is 2. The zero-order chi connectivity index (χ0) is 13.7. The molecule has 0 atom stereocenters. The van der Waals surface area contributed by atoms with Crippen molar-refractivity contribution >= 4 is 11.8 Å². The van der Waals surface area contributed by atoms with Crippen molar-refractivity contribution in [3.05, 3.63) is 0 Å². The molecular weight excluding hydrogens is 220 g/mol. The van der Waals surface area contributed by atoms with Crippen LogP contribution in [0.2, 0.25) is 0 Å². The van der Waals surface area contributed by atoms with E-state index in [1.165, 1.54) is 0 Å². The highest BCUT2D eigenvalue weighted by atomic mass is 16.5. The lowest BCUT2D eigenvalue weighted by atomic mass is 9.92. The number of amides is 2. The molecule has 0 aliphatic rings. The third kappa shape index (κ3) is 4.73. The summed E-state index contributed by atoms with van der Waals surface area (Å²) in [5.41, 5.74) is -1.18. The topological polar surface area (TPSA) is 67.4 Å². The standard InChI is InChI=1S/C12H24N2O3/c1-11(2,9(15)13-5)7-17-8-12(3,4)10(16)14-6/h7-8H2,1-6H3,(H,13,15)(H,14,16). The average molecular weight is 244 g/mol. The Balaban J connectivity index is 4.24. The minimum atomic E-state index is -0.590. The summed E-state index contributed by atoms with van der Waals surface area (Å²) in [6.45, 7) is 7.79. The van der Waals surface area contributed by atoms with Gasteiger partial charge in [-0.2, -0.15) is 0 Å². The van der Waals surface area contributed by atoms with Crippen molar-refractivity contribution in [1.82, 2.24) is 10.6 Å². The molecule has 0 aromatic rings. The van der Waals surface area contributed by atoms with Gasteiger partial charge in [0.1, 0.15) is 0 Å². The van der Waals surface area contributed by atoms with Gasteiger partial charge in [0, 0.05) is 14.1 Å². The van der Waals surface area contributed by atoms with Crippen molar-refractivity contribution in [2.45, 2.75) is 27.7 Å². The minimum Gasteiger partial charge on any atom is -0.379 e. The summed E-state index contributed by atoms with van der Waals surface area (Å²) < 4.78 is 5.49. The second-order valence-corrected chi connectivity index (χ2v) is 5.42. The van der Waals surface area contributed by atoms with Crippen LogP contribution < -0.4 is 10.6 Å². The third-order valence-electron chi connectivity index (χ3n) is 2.61. The number of hydrogen-bond donors (Lipinski definition) is 2. The molecular formula is C12H24N2O3. The monoisotopic (exact) mass is 244 g/mol. The first kappa shape index (κ1) is 15.9. The van der Waals surface area contributed by atoms with Crippen molar-refractivity contribution in [3.63, 3.8) is 0 Å². The van der Waals surface area contributed by atoms with Crippen molar-refractivity contribution in [3.8, 4) is 0 Å². The van der Waals surface area contributed by atoms with E-state index < -0.39 is 10.8 Å². The highest BCUT2D eigenvalue weighted by molar-refractivity contribution is 5.82. The Hall–Kier alpha value is -1.10. The van der Waals surface area contributed by atoms with Crippen LogP contribution in [0, 0.1) is 10.8 Å². The zero-order valence-electron chi connectivity index (χ0n) is 11.6. The summed E-state index contributed by atoms with van der Waals surface area (Å²) >= 11 is 0. The lowest BCUT2D eigenvalue weighted by molar-refractivity contribution is -0.136. The molecule has 0 rings (SSSR count). The summed E-state index contributed by atoms with van der Waals surface area (Å²) in [5.74, 6) is -0.148. The van der Waals surface area contributed by atoms with E-state index in [1.54, 1.807) is 41.8 Å². The van der Waals surface area contributed by atoms with Gasteiger partial charge < -0.3 is 15.4 Å². The van der Waals surface area contributed by atoms with E-state index in [9.17, 15) is 9.59 Å². The van der Waals surface area contributed by atoms with Crippen LogP contribution in [0.25, 0.3) is 0 Å². The molecule has 2 N–H and O–H groups in total. The predicted octanol–water partition coefficient (Wildman–Crippen LogP) is 0.547. The van der Waals surface area contributed by atoms with Gasteiger partial charge in [0.2, 0.25) is 11.8 Å². The number of hydrogen-bond acceptors (Lipinski definition) is 3. The molecule has 100 valence electrons. The Morgan fingerprint density at radius 3 is 1.41 bits per heavy atom. The van der Waals surface area contributed by atoms with Gasteiger partial charge >= 0.3 is 0 Å². The second kappa shape index (κ2) is 6.00. The molecule has 17 heavy (non-hydrogen) atoms. The molecule has 0 saturated carbocycles. The van der Waals surface area contributed by atoms with Crippen molar-refractivity contribution in [1.29, 1.82) is 0 Å². The summed E-state index contributed by atoms with van der Waals surface area (Å²) in [4.78, 5) is 23.0. The maximum Gasteiger partial charge on any atom is 0.227 e. The fourth-order valence-electron chi connectivity index (χ4n) is 1.37. The Labute approximate surface area is 103 Å². The van der Waals surface area contributed by atoms with Gasteiger partial charge in [-0.1, -0.05) is 0 Å². The van der Waals surface area contributed by atoms with Crippen molar-refractivity contribution in [2.24, 2.45) is 10.8 Å². The first-order chi connectivity index (χ1) is 7.67. The van der Waals surface area contributed by atoms with Crippen molar-refractivity contribution in [2.75, 3.05) is 27.3 Å². The maximum absolute atomic E-state index is 11.5. The molecule has 0 heterocycles. The molecule has 5 heteroatoms. The quantitative estimate of drug-likeness (QED) is 0.717. The molecule has 0 aromatic heterocycles. The number of carbonyl (C=O) groups excluding carboxylic acids is 2. The Morgan fingerprint density at radius 2 is 1.18 bits per heavy atom. The van der Waals surface area contributed by atoms with Crippen molar-refractivity contribution < 1.29 is 14.3 Å². The summed E-state index contributed by atoms with van der Waals surface area (Å²) in [6, 6.07) is 0. The molecule has 0 unspecified atom stereocenters. The van der Waals surface area contributed by atoms with E-state index in [4.69, 9.17) is 4.74 Å². The van der Waals surface area contributed by atoms with Gasteiger partial charge in [-0.3, -0.25) is 9.59 Å². The highest BCUT2D eigenvalue weighted by Crippen LogP contribution is 2.20. The van der Waals surface area contributed by atoms with Crippen LogP contribution in [-0.4, -0.2) is 39.1 Å². The normalized spacial score (nSPS) is 12.1. The fraction of sp³-hybridized carbons (Fsp3) is 0.833. The first-order valence-corrected chi connectivity index (χ1v) is 5.69. The first-order valence-electron chi connectivity index (χ1n) is 5.69. The van der Waals surface area contributed by atoms with E-state index in [2.05, 4.69) is 10.6 Å². The molecule has 0 spiro atoms. The molecule has 0 aliphatic heterocycles. The minimum absolute atomic E-state index is 0.0738. The van der Waals surface area contributed by atoms with Crippen LogP contribution in [0.5, 0.6) is 0 Å². The average Bonchev–Trinajstić information content (AvgIpc) is 2.25. The second-order valence-electron chi connectivity index (χ2n) is 5.42. The number of ether oxygens (including phenoxy) is 1. The largest absolute Gasteiger partial charge is 0.379 e. The van der Waals surface area contributed by atoms with E-state index >= 15 is 0 Å². The van der Waals surface area contributed by atoms with Crippen LogP contribution >= 0.6 is 0 Å². The predicted molar refractivity (Wildman–Crippen MR) is 66.5 cm³/mol. The Bertz CT molecular complexity index is 257. The summed E-state index contributed by atoms with van der Waals surface area (Å²) in [5, 5.41) is 5.18. The van der Waals surface area contributed by atoms with E-state index in [-0.39, 0.29) is 25.0 Å². The molecule has 0 saturated heterocycles. The summed E-state index contributed by atoms with van der Waals surface area (Å²) in [7, 11) is 3.19. The Morgan fingerprint density at radius 1 is 0.882 bits per heavy atom. The smallest absolute Gasteiger partial charge is 0.227 e. The number of nitrogens with one attached hydrogen (secondary N) is 2. The van der Waals surface area contributed by atoms with Gasteiger partial charge in [0.25, 0.3) is 0 Å². The molecule has 0 fully saturated rings. The van der Waals surface area contributed by atoms with E-state index in [0.29, 0.717) is 0 Å². The van der Waals surface area contributed by atoms with E-state index in [1.807, 2.05) is 0 Å². The zero-order valence-corrected chi connectivity index (χ0v) is 11.6. The van der Waals surface area contributed by atoms with Gasteiger partial charge in [-0.25, -0.2) is 0 Å². The van der Waals surface area contributed by atoms with Crippen LogP contribution in [0.15, 0.2) is 0 Å². The number of rotatable bonds is 6. The maximum atomic E-state index is 11.5. The molecule has 0 aromatic carbocycles. The van der Waals surface area contributed by atoms with Crippen LogP contribution in [-0.2, 0) is 14.3 Å². The molecule has 0 radical (unpaired) electrons. The molecule has 5 nitrogen and oxygen atoms in total. The van der Waals surface area contributed by atoms with Gasteiger partial charge in [0.05, 0.1) is 24.0 Å². The third-order valence-corrected chi connectivity index (χ3v) is 2.61. The van der Waals surface area contributed by atoms with Crippen LogP contribution in [0.4, 0.5) is 0 Å². The van der Waals surface area contributed by atoms with Gasteiger partial charge in [0.15, 0.2) is 0 Å². The highest BCUT2D eigenvalue weighted by Gasteiger charge is 2.31. The molecule has 0 bridgehead atoms. The molecule has 2 amide bonds. The van der Waals surface area contributed by atoms with E-state index in [0.717, 1.165) is 0 Å². The lowest BCUT2D eigenvalue weighted by Crippen LogP contribution is -2.41. The summed E-state index contributed by atoms with van der Waals surface area (Å²) in [6.07, 6.45) is 0. The Kier molecular flexibility index (Phi) is 5.61. The lowest BCUT2D eigenvalue weighted by Gasteiger charge is -2.26. The molecule has 0 aliphatic carbocycles. The van der Waals surface area contributed by atoms with Gasteiger partial charge in [-0.15, -0.1) is 0 Å². The van der Waals surface area contributed by atoms with Gasteiger partial charge in [-0.05, 0) is 27.7 Å². The SMILES string of the molecule is CNC(=O)C(C)(C)COCC(C)(C)C(=O)NC.